The quantitative estimate of drug-likeness (QED) is 0.661. The van der Waals surface area contributed by atoms with Gasteiger partial charge >= 0.3 is 0 Å². The minimum absolute atomic E-state index is 0.243. The van der Waals surface area contributed by atoms with Crippen LogP contribution >= 0.6 is 11.3 Å². The molecule has 2 N–H and O–H groups in total. The number of hydrogen-bond acceptors (Lipinski definition) is 6. The maximum absolute atomic E-state index is 11.3. The highest BCUT2D eigenvalue weighted by atomic mass is 32.1. The highest BCUT2D eigenvalue weighted by Gasteiger charge is 2.15. The number of rotatable bonds is 6. The molecule has 1 atom stereocenters. The molecule has 25 heavy (non-hydrogen) atoms. The van der Waals surface area contributed by atoms with E-state index in [-0.39, 0.29) is 6.61 Å². The van der Waals surface area contributed by atoms with Gasteiger partial charge in [0.2, 0.25) is 0 Å². The van der Waals surface area contributed by atoms with E-state index in [0.29, 0.717) is 28.6 Å². The number of thiophene rings is 1. The number of nitrogens with zero attached hydrogens (tertiary/aromatic N) is 2. The van der Waals surface area contributed by atoms with Gasteiger partial charge in [-0.2, -0.15) is 11.3 Å². The number of carbonyl (C=O) groups is 2. The molecule has 3 aromatic heterocycles. The lowest BCUT2D eigenvalue weighted by molar-refractivity contribution is 0.111. The van der Waals surface area contributed by atoms with E-state index in [0.717, 1.165) is 24.6 Å². The molecule has 3 heterocycles. The summed E-state index contributed by atoms with van der Waals surface area (Å²) in [6, 6.07) is 5.60. The van der Waals surface area contributed by atoms with Gasteiger partial charge in [-0.3, -0.25) is 14.0 Å². The molecule has 3 rings (SSSR count). The third-order valence-corrected chi connectivity index (χ3v) is 4.56. The molecule has 0 aromatic carbocycles. The topological polar surface area (TPSA) is 83.7 Å². The van der Waals surface area contributed by atoms with Crippen LogP contribution in [0.15, 0.2) is 35.2 Å². The fraction of sp³-hybridized carbons (Fsp3) is 0.278. The van der Waals surface area contributed by atoms with Crippen LogP contribution in [0.3, 0.4) is 0 Å². The standard InChI is InChI=1S/C13H8N2O2S.C5H13NO/c16-6-9-2-1-4-15-11(7-17)12(14-13(9)15)10-3-5-18-8-10;1-3-5(4-7)6-2/h1-8H;5-7H,3-4H2,1-2H3/t;5-/m.0/s1. The lowest BCUT2D eigenvalue weighted by atomic mass is 10.2. The van der Waals surface area contributed by atoms with Gasteiger partial charge in [0.1, 0.15) is 17.0 Å². The van der Waals surface area contributed by atoms with Crippen LogP contribution in [0.2, 0.25) is 0 Å². The summed E-state index contributed by atoms with van der Waals surface area (Å²) in [5.74, 6) is 0. The summed E-state index contributed by atoms with van der Waals surface area (Å²) >= 11 is 1.54. The molecular weight excluding hydrogens is 338 g/mol. The van der Waals surface area contributed by atoms with Crippen molar-refractivity contribution in [2.45, 2.75) is 19.4 Å². The number of carbonyl (C=O) groups excluding carboxylic acids is 2. The van der Waals surface area contributed by atoms with E-state index in [1.807, 2.05) is 30.8 Å². The van der Waals surface area contributed by atoms with Gasteiger partial charge < -0.3 is 10.4 Å². The van der Waals surface area contributed by atoms with Gasteiger partial charge in [-0.05, 0) is 37.0 Å². The average Bonchev–Trinajstić information content (AvgIpc) is 3.30. The summed E-state index contributed by atoms with van der Waals surface area (Å²) in [4.78, 5) is 26.6. The van der Waals surface area contributed by atoms with Crippen molar-refractivity contribution in [3.8, 4) is 11.3 Å². The SMILES string of the molecule is CC[C@@H](CO)NC.O=Cc1cccn2c(C=O)c(-c3ccsc3)nc12. The number of pyridine rings is 1. The van der Waals surface area contributed by atoms with Crippen LogP contribution in [-0.4, -0.2) is 46.8 Å². The summed E-state index contributed by atoms with van der Waals surface area (Å²) in [5, 5.41) is 15.3. The Balaban J connectivity index is 0.000000277. The van der Waals surface area contributed by atoms with Crippen molar-refractivity contribution in [2.24, 2.45) is 0 Å². The third-order valence-electron chi connectivity index (χ3n) is 3.87. The van der Waals surface area contributed by atoms with Crippen molar-refractivity contribution < 1.29 is 14.7 Å². The van der Waals surface area contributed by atoms with Crippen molar-refractivity contribution >= 4 is 29.6 Å². The second kappa shape index (κ2) is 9.22. The number of nitrogens with one attached hydrogen (secondary N) is 1. The summed E-state index contributed by atoms with van der Waals surface area (Å²) in [6.07, 6.45) is 4.23. The number of aliphatic hydroxyl groups is 1. The fourth-order valence-corrected chi connectivity index (χ4v) is 2.99. The van der Waals surface area contributed by atoms with Crippen LogP contribution in [0.4, 0.5) is 0 Å². The number of hydrogen-bond donors (Lipinski definition) is 2. The van der Waals surface area contributed by atoms with Crippen molar-refractivity contribution in [1.29, 1.82) is 0 Å². The molecule has 0 saturated heterocycles. The van der Waals surface area contributed by atoms with Gasteiger partial charge in [0.05, 0.1) is 12.2 Å². The molecule has 0 amide bonds. The van der Waals surface area contributed by atoms with Gasteiger partial charge in [0.15, 0.2) is 12.6 Å². The first-order valence-corrected chi connectivity index (χ1v) is 8.86. The Labute approximate surface area is 150 Å². The van der Waals surface area contributed by atoms with E-state index < -0.39 is 0 Å². The molecular formula is C18H21N3O3S. The summed E-state index contributed by atoms with van der Waals surface area (Å²) in [7, 11) is 1.85. The molecule has 0 saturated carbocycles. The van der Waals surface area contributed by atoms with Crippen molar-refractivity contribution in [3.05, 3.63) is 46.4 Å². The zero-order valence-corrected chi connectivity index (χ0v) is 15.0. The Morgan fingerprint density at radius 3 is 2.64 bits per heavy atom. The van der Waals surface area contributed by atoms with E-state index in [1.165, 1.54) is 11.3 Å². The lowest BCUT2D eigenvalue weighted by Gasteiger charge is -2.07. The molecule has 3 aromatic rings. The van der Waals surface area contributed by atoms with Crippen molar-refractivity contribution in [2.75, 3.05) is 13.7 Å². The molecule has 0 aliphatic heterocycles. The number of aliphatic hydroxyl groups excluding tert-OH is 1. The molecule has 132 valence electrons. The number of aromatic nitrogens is 2. The minimum atomic E-state index is 0.243. The Kier molecular flexibility index (Phi) is 7.00. The smallest absolute Gasteiger partial charge is 0.169 e. The number of imidazole rings is 1. The lowest BCUT2D eigenvalue weighted by Crippen LogP contribution is -2.27. The molecule has 0 aliphatic carbocycles. The van der Waals surface area contributed by atoms with Gasteiger partial charge in [0, 0.05) is 23.2 Å². The van der Waals surface area contributed by atoms with E-state index in [4.69, 9.17) is 5.11 Å². The van der Waals surface area contributed by atoms with E-state index in [2.05, 4.69) is 10.3 Å². The molecule has 0 radical (unpaired) electrons. The molecule has 0 fully saturated rings. The van der Waals surface area contributed by atoms with Gasteiger partial charge in [-0.15, -0.1) is 0 Å². The van der Waals surface area contributed by atoms with Gasteiger partial charge in [0.25, 0.3) is 0 Å². The Hall–Kier alpha value is -2.35. The first kappa shape index (κ1) is 19.0. The van der Waals surface area contributed by atoms with Crippen LogP contribution < -0.4 is 5.32 Å². The van der Waals surface area contributed by atoms with E-state index in [1.54, 1.807) is 22.7 Å². The monoisotopic (exact) mass is 359 g/mol. The Morgan fingerprint density at radius 2 is 2.16 bits per heavy atom. The highest BCUT2D eigenvalue weighted by Crippen LogP contribution is 2.26. The first-order valence-electron chi connectivity index (χ1n) is 7.92. The number of aldehydes is 2. The summed E-state index contributed by atoms with van der Waals surface area (Å²) in [5.41, 5.74) is 2.95. The maximum Gasteiger partial charge on any atom is 0.169 e. The van der Waals surface area contributed by atoms with Gasteiger partial charge in [-0.1, -0.05) is 6.92 Å². The molecule has 0 aliphatic rings. The molecule has 6 nitrogen and oxygen atoms in total. The summed E-state index contributed by atoms with van der Waals surface area (Å²) < 4.78 is 1.64. The Bertz CT molecular complexity index is 818. The van der Waals surface area contributed by atoms with E-state index in [9.17, 15) is 9.59 Å². The van der Waals surface area contributed by atoms with Crippen LogP contribution in [0.1, 0.15) is 34.2 Å². The average molecular weight is 359 g/mol. The van der Waals surface area contributed by atoms with Crippen molar-refractivity contribution in [1.82, 2.24) is 14.7 Å². The predicted octanol–water partition coefficient (Wildman–Crippen LogP) is 2.66. The zero-order chi connectivity index (χ0) is 18.2. The maximum atomic E-state index is 11.3. The zero-order valence-electron chi connectivity index (χ0n) is 14.2. The Morgan fingerprint density at radius 1 is 1.36 bits per heavy atom. The minimum Gasteiger partial charge on any atom is -0.395 e. The summed E-state index contributed by atoms with van der Waals surface area (Å²) in [6.45, 7) is 2.28. The van der Waals surface area contributed by atoms with Crippen molar-refractivity contribution in [3.63, 3.8) is 0 Å². The highest BCUT2D eigenvalue weighted by molar-refractivity contribution is 7.08. The molecule has 0 bridgehead atoms. The second-order valence-corrected chi connectivity index (χ2v) is 6.11. The van der Waals surface area contributed by atoms with E-state index >= 15 is 0 Å². The fourth-order valence-electron chi connectivity index (χ4n) is 2.35. The van der Waals surface area contributed by atoms with Crippen LogP contribution in [0.25, 0.3) is 16.9 Å². The normalized spacial score (nSPS) is 11.6. The molecule has 0 unspecified atom stereocenters. The van der Waals surface area contributed by atoms with Crippen LogP contribution in [-0.2, 0) is 0 Å². The second-order valence-electron chi connectivity index (χ2n) is 5.33. The van der Waals surface area contributed by atoms with Crippen LogP contribution in [0, 0.1) is 0 Å². The molecule has 0 spiro atoms. The number of fused-ring (bicyclic) bond motifs is 1. The van der Waals surface area contributed by atoms with Crippen LogP contribution in [0.5, 0.6) is 0 Å². The third kappa shape index (κ3) is 4.19. The van der Waals surface area contributed by atoms with Gasteiger partial charge in [-0.25, -0.2) is 4.98 Å². The predicted molar refractivity (Wildman–Crippen MR) is 99.5 cm³/mol. The number of likely N-dealkylation sites (N-methyl/N-ethyl adjacent to an activating group) is 1. The molecule has 7 heteroatoms. The first-order chi connectivity index (χ1) is 12.2. The largest absolute Gasteiger partial charge is 0.395 e.